The Labute approximate surface area is 176 Å². The summed E-state index contributed by atoms with van der Waals surface area (Å²) in [5.41, 5.74) is 3.05. The molecule has 0 unspecified atom stereocenters. The van der Waals surface area contributed by atoms with Crippen LogP contribution in [0.1, 0.15) is 10.4 Å². The summed E-state index contributed by atoms with van der Waals surface area (Å²) < 4.78 is 5.44. The van der Waals surface area contributed by atoms with E-state index in [1.807, 2.05) is 30.3 Å². The minimum atomic E-state index is -1.27. The molecule has 0 amide bonds. The fraction of sp³-hybridized carbons (Fsp3) is 0.0435. The molecule has 0 radical (unpaired) electrons. The molecule has 0 aliphatic heterocycles. The van der Waals surface area contributed by atoms with Gasteiger partial charge in [0.15, 0.2) is 0 Å². The number of carbonyl (C=O) groups is 1. The summed E-state index contributed by atoms with van der Waals surface area (Å²) >= 11 is 0. The fourth-order valence-corrected chi connectivity index (χ4v) is 3.28. The normalized spacial score (nSPS) is 10.6. The van der Waals surface area contributed by atoms with Crippen LogP contribution in [0.4, 0.5) is 5.69 Å². The number of nitro benzene ring substituents is 1. The van der Waals surface area contributed by atoms with Crippen LogP contribution in [-0.4, -0.2) is 28.0 Å². The minimum absolute atomic E-state index is 0.0548. The maximum absolute atomic E-state index is 11.3. The summed E-state index contributed by atoms with van der Waals surface area (Å²) in [4.78, 5) is 29.8. The maximum Gasteiger partial charge on any atom is 0.270 e. The van der Waals surface area contributed by atoms with Crippen molar-refractivity contribution in [3.05, 3.63) is 88.5 Å². The molecule has 0 saturated carbocycles. The van der Waals surface area contributed by atoms with E-state index < -0.39 is 10.9 Å². The molecule has 4 aromatic rings. The number of nitrogens with one attached hydrogen (secondary N) is 1. The van der Waals surface area contributed by atoms with Crippen molar-refractivity contribution in [2.24, 2.45) is 0 Å². The largest absolute Gasteiger partial charge is 0.545 e. The second kappa shape index (κ2) is 8.11. The van der Waals surface area contributed by atoms with Gasteiger partial charge in [-0.1, -0.05) is 54.6 Å². The Morgan fingerprint density at radius 2 is 1.71 bits per heavy atom. The lowest BCUT2D eigenvalue weighted by Gasteiger charge is -2.09. The van der Waals surface area contributed by atoms with Gasteiger partial charge in [0, 0.05) is 28.8 Å². The van der Waals surface area contributed by atoms with Crippen LogP contribution in [0.3, 0.4) is 0 Å². The number of carboxylic acids is 1. The lowest BCUT2D eigenvalue weighted by molar-refractivity contribution is -0.384. The molecule has 154 valence electrons. The number of aromatic carboxylic acids is 1. The molecule has 1 aromatic heterocycles. The van der Waals surface area contributed by atoms with Gasteiger partial charge in [0.2, 0.25) is 0 Å². The van der Waals surface area contributed by atoms with E-state index in [4.69, 9.17) is 9.72 Å². The number of nitro groups is 1. The third kappa shape index (κ3) is 3.86. The van der Waals surface area contributed by atoms with Crippen LogP contribution in [0.2, 0.25) is 0 Å². The highest BCUT2D eigenvalue weighted by Crippen LogP contribution is 2.39. The van der Waals surface area contributed by atoms with Gasteiger partial charge in [-0.25, -0.2) is 4.98 Å². The molecule has 0 saturated heterocycles. The summed E-state index contributed by atoms with van der Waals surface area (Å²) in [6.07, 6.45) is 0. The Kier molecular flexibility index (Phi) is 5.19. The molecule has 4 rings (SSSR count). The maximum atomic E-state index is 11.3. The molecule has 8 nitrogen and oxygen atoms in total. The molecular weight excluding hydrogens is 398 g/mol. The van der Waals surface area contributed by atoms with Crippen molar-refractivity contribution in [3.63, 3.8) is 0 Å². The number of rotatable bonds is 6. The van der Waals surface area contributed by atoms with E-state index in [0.717, 1.165) is 5.56 Å². The topological polar surface area (TPSA) is 121 Å². The van der Waals surface area contributed by atoms with E-state index in [2.05, 4.69) is 4.98 Å². The van der Waals surface area contributed by atoms with Crippen LogP contribution in [0, 0.1) is 10.1 Å². The zero-order chi connectivity index (χ0) is 22.0. The highest BCUT2D eigenvalue weighted by molar-refractivity contribution is 5.87. The smallest absolute Gasteiger partial charge is 0.270 e. The molecule has 8 heteroatoms. The van der Waals surface area contributed by atoms with Crippen molar-refractivity contribution in [1.29, 1.82) is 0 Å². The summed E-state index contributed by atoms with van der Waals surface area (Å²) in [7, 11) is 1.49. The van der Waals surface area contributed by atoms with Gasteiger partial charge in [-0.3, -0.25) is 10.1 Å². The lowest BCUT2D eigenvalue weighted by atomic mass is 10.0. The molecule has 0 aliphatic carbocycles. The minimum Gasteiger partial charge on any atom is -0.545 e. The predicted molar refractivity (Wildman–Crippen MR) is 112 cm³/mol. The van der Waals surface area contributed by atoms with Gasteiger partial charge in [-0.2, -0.15) is 0 Å². The first kappa shape index (κ1) is 19.8. The van der Waals surface area contributed by atoms with Crippen LogP contribution in [0.5, 0.6) is 5.75 Å². The first-order chi connectivity index (χ1) is 15.0. The van der Waals surface area contributed by atoms with Crippen molar-refractivity contribution < 1.29 is 19.6 Å². The van der Waals surface area contributed by atoms with Gasteiger partial charge in [0.25, 0.3) is 5.69 Å². The first-order valence-corrected chi connectivity index (χ1v) is 9.28. The summed E-state index contributed by atoms with van der Waals surface area (Å²) in [6, 6.07) is 19.8. The summed E-state index contributed by atoms with van der Waals surface area (Å²) in [5.74, 6) is -0.337. The molecule has 1 N–H and O–H groups in total. The SMILES string of the molecule is COc1ccc([N+](=O)[O-])cc1-c1[nH]c(-c2ccc(C(=O)[O-])cc2)nc1-c1ccccc1. The number of benzene rings is 3. The monoisotopic (exact) mass is 414 g/mol. The molecule has 0 bridgehead atoms. The van der Waals surface area contributed by atoms with Gasteiger partial charge in [-0.05, 0) is 11.6 Å². The quantitative estimate of drug-likeness (QED) is 0.379. The number of aromatic amines is 1. The zero-order valence-corrected chi connectivity index (χ0v) is 16.4. The van der Waals surface area contributed by atoms with Crippen LogP contribution in [0.25, 0.3) is 33.9 Å². The van der Waals surface area contributed by atoms with Crippen LogP contribution < -0.4 is 9.84 Å². The lowest BCUT2D eigenvalue weighted by Crippen LogP contribution is -2.21. The number of nitrogens with zero attached hydrogens (tertiary/aromatic N) is 2. The summed E-state index contributed by atoms with van der Waals surface area (Å²) in [5, 5.41) is 22.4. The van der Waals surface area contributed by atoms with E-state index in [1.54, 1.807) is 12.1 Å². The Bertz CT molecular complexity index is 1260. The van der Waals surface area contributed by atoms with Gasteiger partial charge < -0.3 is 19.6 Å². The average molecular weight is 414 g/mol. The second-order valence-corrected chi connectivity index (χ2v) is 6.68. The molecular formula is C23H16N3O5-. The number of carboxylic acid groups (broad SMARTS) is 1. The van der Waals surface area contributed by atoms with Gasteiger partial charge in [0.1, 0.15) is 11.6 Å². The van der Waals surface area contributed by atoms with Crippen molar-refractivity contribution in [2.75, 3.05) is 7.11 Å². The van der Waals surface area contributed by atoms with E-state index in [-0.39, 0.29) is 11.3 Å². The number of hydrogen-bond acceptors (Lipinski definition) is 6. The second-order valence-electron chi connectivity index (χ2n) is 6.68. The summed E-state index contributed by atoms with van der Waals surface area (Å²) in [6.45, 7) is 0. The number of methoxy groups -OCH3 is 1. The molecule has 31 heavy (non-hydrogen) atoms. The molecule has 0 atom stereocenters. The Hall–Kier alpha value is -4.46. The van der Waals surface area contributed by atoms with Crippen LogP contribution >= 0.6 is 0 Å². The average Bonchev–Trinajstić information content (AvgIpc) is 3.24. The van der Waals surface area contributed by atoms with E-state index in [9.17, 15) is 20.0 Å². The van der Waals surface area contributed by atoms with Crippen molar-refractivity contribution >= 4 is 11.7 Å². The van der Waals surface area contributed by atoms with Crippen molar-refractivity contribution in [2.45, 2.75) is 0 Å². The highest BCUT2D eigenvalue weighted by Gasteiger charge is 2.21. The molecule has 1 heterocycles. The molecule has 0 spiro atoms. The van der Waals surface area contributed by atoms with E-state index in [1.165, 1.54) is 37.4 Å². The highest BCUT2D eigenvalue weighted by atomic mass is 16.6. The van der Waals surface area contributed by atoms with Crippen LogP contribution in [-0.2, 0) is 0 Å². The number of imidazole rings is 1. The first-order valence-electron chi connectivity index (χ1n) is 9.28. The number of ether oxygens (including phenoxy) is 1. The van der Waals surface area contributed by atoms with Gasteiger partial charge in [-0.15, -0.1) is 0 Å². The van der Waals surface area contributed by atoms with Crippen molar-refractivity contribution in [1.82, 2.24) is 9.97 Å². The van der Waals surface area contributed by atoms with E-state index in [0.29, 0.717) is 34.1 Å². The predicted octanol–water partition coefficient (Wildman–Crippen LogP) is 3.69. The Morgan fingerprint density at radius 3 is 2.32 bits per heavy atom. The molecule has 3 aromatic carbocycles. The molecule has 0 fully saturated rings. The standard InChI is InChI=1S/C23H17N3O5/c1-31-19-12-11-17(26(29)30)13-18(19)21-20(14-5-3-2-4-6-14)24-22(25-21)15-7-9-16(10-8-15)23(27)28/h2-13H,1H3,(H,24,25)(H,27,28)/p-1. The number of hydrogen-bond donors (Lipinski definition) is 1. The Morgan fingerprint density at radius 1 is 1.00 bits per heavy atom. The fourth-order valence-electron chi connectivity index (χ4n) is 3.28. The Balaban J connectivity index is 1.92. The third-order valence-electron chi connectivity index (χ3n) is 4.81. The number of non-ortho nitro benzene ring substituents is 1. The number of aromatic nitrogens is 2. The van der Waals surface area contributed by atoms with E-state index >= 15 is 0 Å². The van der Waals surface area contributed by atoms with Gasteiger partial charge in [0.05, 0.1) is 29.4 Å². The molecule has 0 aliphatic rings. The third-order valence-corrected chi connectivity index (χ3v) is 4.81. The van der Waals surface area contributed by atoms with Crippen LogP contribution in [0.15, 0.2) is 72.8 Å². The number of carbonyl (C=O) groups excluding carboxylic acids is 1. The van der Waals surface area contributed by atoms with Crippen molar-refractivity contribution in [3.8, 4) is 39.7 Å². The van der Waals surface area contributed by atoms with Gasteiger partial charge >= 0.3 is 0 Å². The zero-order valence-electron chi connectivity index (χ0n) is 16.4. The number of H-pyrrole nitrogens is 1.